The first kappa shape index (κ1) is 42.2. The molecule has 55 heavy (non-hydrogen) atoms. The number of allylic oxidation sites excluding steroid dienone is 2. The summed E-state index contributed by atoms with van der Waals surface area (Å²) in [6, 6.07) is 7.40. The maximum atomic E-state index is 14.3. The van der Waals surface area contributed by atoms with Crippen molar-refractivity contribution in [2.75, 3.05) is 13.2 Å². The summed E-state index contributed by atoms with van der Waals surface area (Å²) in [5.41, 5.74) is -10.2. The lowest BCUT2D eigenvalue weighted by molar-refractivity contribution is -0.576. The van der Waals surface area contributed by atoms with Crippen molar-refractivity contribution in [2.24, 2.45) is 0 Å². The lowest BCUT2D eigenvalue weighted by Crippen LogP contribution is -2.51. The van der Waals surface area contributed by atoms with Crippen molar-refractivity contribution in [2.45, 2.75) is 75.2 Å². The van der Waals surface area contributed by atoms with Gasteiger partial charge >= 0.3 is 24.3 Å². The minimum atomic E-state index is -5.08. The van der Waals surface area contributed by atoms with Crippen LogP contribution in [0.4, 0.5) is 26.3 Å². The lowest BCUT2D eigenvalue weighted by Gasteiger charge is -2.38. The number of ether oxygens (including phenoxy) is 3. The maximum absolute atomic E-state index is 14.3. The molecule has 2 N–H and O–H groups in total. The molecule has 296 valence electrons. The number of benzene rings is 2. The summed E-state index contributed by atoms with van der Waals surface area (Å²) in [5.74, 6) is -3.28. The molecule has 0 amide bonds. The van der Waals surface area contributed by atoms with Gasteiger partial charge in [-0.15, -0.1) is 0 Å². The average molecular weight is 785 g/mol. The fourth-order valence-corrected chi connectivity index (χ4v) is 6.74. The molecular weight excluding hydrogens is 750 g/mol. The first-order chi connectivity index (χ1) is 25.8. The zero-order valence-corrected chi connectivity index (χ0v) is 29.1. The quantitative estimate of drug-likeness (QED) is 0.0970. The average Bonchev–Trinajstić information content (AvgIpc) is 3.10. The zero-order chi connectivity index (χ0) is 40.9. The van der Waals surface area contributed by atoms with E-state index in [1.54, 1.807) is 0 Å². The molecule has 0 aromatic heterocycles. The van der Waals surface area contributed by atoms with Gasteiger partial charge in [-0.05, 0) is 37.1 Å². The summed E-state index contributed by atoms with van der Waals surface area (Å²) in [5, 5.41) is 44.5. The highest BCUT2D eigenvalue weighted by atomic mass is 19.4. The zero-order valence-electron chi connectivity index (χ0n) is 29.1. The topological polar surface area (TPSA) is 189 Å². The van der Waals surface area contributed by atoms with Gasteiger partial charge in [0, 0.05) is 44.3 Å². The summed E-state index contributed by atoms with van der Waals surface area (Å²) >= 11 is 0. The van der Waals surface area contributed by atoms with E-state index >= 15 is 0 Å². The third-order valence-electron chi connectivity index (χ3n) is 9.16. The molecule has 4 unspecified atom stereocenters. The number of hydrogen-bond acceptors (Lipinski definition) is 9. The number of nitrogens with zero attached hydrogens (tertiary/aromatic N) is 2. The predicted octanol–water partition coefficient (Wildman–Crippen LogP) is 7.57. The van der Waals surface area contributed by atoms with Gasteiger partial charge in [0.25, 0.3) is 11.1 Å². The number of alkyl halides is 6. The van der Waals surface area contributed by atoms with Crippen molar-refractivity contribution in [3.05, 3.63) is 138 Å². The van der Waals surface area contributed by atoms with Crippen LogP contribution in [0.2, 0.25) is 0 Å². The molecule has 0 saturated heterocycles. The van der Waals surface area contributed by atoms with E-state index in [9.17, 15) is 66.4 Å². The van der Waals surface area contributed by atoms with Gasteiger partial charge in [-0.3, -0.25) is 29.8 Å². The van der Waals surface area contributed by atoms with Crippen molar-refractivity contribution in [1.29, 1.82) is 0 Å². The minimum Gasteiger partial charge on any atom is -0.481 e. The van der Waals surface area contributed by atoms with Gasteiger partial charge in [-0.2, -0.15) is 26.3 Å². The second kappa shape index (κ2) is 16.4. The first-order valence-electron chi connectivity index (χ1n) is 16.6. The highest BCUT2D eigenvalue weighted by Gasteiger charge is 2.60. The first-order valence-corrected chi connectivity index (χ1v) is 16.6. The molecule has 19 heteroatoms. The highest BCUT2D eigenvalue weighted by Crippen LogP contribution is 2.49. The Morgan fingerprint density at radius 2 is 1.04 bits per heavy atom. The molecule has 0 heterocycles. The van der Waals surface area contributed by atoms with Crippen LogP contribution < -0.4 is 0 Å². The summed E-state index contributed by atoms with van der Waals surface area (Å²) in [6.45, 7) is 1.53. The van der Waals surface area contributed by atoms with Crippen LogP contribution in [0.5, 0.6) is 0 Å². The largest absolute Gasteiger partial charge is 0.481 e. The van der Waals surface area contributed by atoms with Crippen molar-refractivity contribution >= 4 is 11.9 Å². The number of rotatable bonds is 16. The van der Waals surface area contributed by atoms with E-state index in [0.29, 0.717) is 12.1 Å². The molecule has 0 radical (unpaired) electrons. The molecule has 2 aromatic carbocycles. The van der Waals surface area contributed by atoms with Crippen molar-refractivity contribution in [1.82, 2.24) is 0 Å². The van der Waals surface area contributed by atoms with Gasteiger partial charge in [0.15, 0.2) is 12.2 Å². The maximum Gasteiger partial charge on any atom is 0.416 e. The molecule has 0 spiro atoms. The van der Waals surface area contributed by atoms with Gasteiger partial charge in [0.1, 0.15) is 11.5 Å². The molecular formula is C36H34F6N2O11. The number of halogens is 6. The number of carboxylic acids is 2. The lowest BCUT2D eigenvalue weighted by atomic mass is 9.74. The highest BCUT2D eigenvalue weighted by molar-refractivity contribution is 5.67. The van der Waals surface area contributed by atoms with E-state index in [-0.39, 0.29) is 35.5 Å². The summed E-state index contributed by atoms with van der Waals surface area (Å²) in [4.78, 5) is 46.7. The van der Waals surface area contributed by atoms with E-state index in [0.717, 1.165) is 60.7 Å². The molecule has 4 rings (SSSR count). The summed E-state index contributed by atoms with van der Waals surface area (Å²) in [6.07, 6.45) is -12.2. The van der Waals surface area contributed by atoms with E-state index in [4.69, 9.17) is 14.2 Å². The Kier molecular flexibility index (Phi) is 12.6. The molecule has 0 aliphatic heterocycles. The van der Waals surface area contributed by atoms with Gasteiger partial charge in [-0.1, -0.05) is 50.2 Å². The molecule has 13 nitrogen and oxygen atoms in total. The van der Waals surface area contributed by atoms with Crippen LogP contribution in [0.25, 0.3) is 0 Å². The molecule has 0 fully saturated rings. The molecule has 2 aliphatic carbocycles. The molecule has 2 aliphatic rings. The number of hydrogen-bond donors (Lipinski definition) is 2. The number of aliphatic carboxylic acids is 2. The van der Waals surface area contributed by atoms with E-state index in [1.807, 2.05) is 0 Å². The SMILES string of the molecule is CCC1=C(OC2=C(CC)C(OCCC(=O)O)C(c3ccccc3C(F)(F)F)([N+](=O)[O-])C=C2)C=CC(c2ccccc2C(F)(F)F)([N+](=O)[O-])C1OCCC(=O)O. The molecule has 4 atom stereocenters. The van der Waals surface area contributed by atoms with Crippen LogP contribution in [0.15, 0.2) is 95.5 Å². The third kappa shape index (κ3) is 8.26. The Hall–Kier alpha value is -5.56. The van der Waals surface area contributed by atoms with Gasteiger partial charge < -0.3 is 24.4 Å². The minimum absolute atomic E-state index is 0.130. The predicted molar refractivity (Wildman–Crippen MR) is 178 cm³/mol. The van der Waals surface area contributed by atoms with Crippen LogP contribution >= 0.6 is 0 Å². The van der Waals surface area contributed by atoms with Gasteiger partial charge in [0.2, 0.25) is 0 Å². The van der Waals surface area contributed by atoms with Crippen LogP contribution in [0.1, 0.15) is 61.8 Å². The molecule has 0 bridgehead atoms. The Labute approximate surface area is 308 Å². The third-order valence-corrected chi connectivity index (χ3v) is 9.16. The van der Waals surface area contributed by atoms with Crippen LogP contribution in [-0.2, 0) is 47.2 Å². The summed E-state index contributed by atoms with van der Waals surface area (Å²) < 4.78 is 103. The van der Waals surface area contributed by atoms with Gasteiger partial charge in [0.05, 0.1) is 37.2 Å². The van der Waals surface area contributed by atoms with Crippen LogP contribution in [0.3, 0.4) is 0 Å². The Morgan fingerprint density at radius 3 is 1.33 bits per heavy atom. The summed E-state index contributed by atoms with van der Waals surface area (Å²) in [7, 11) is 0. The van der Waals surface area contributed by atoms with Crippen LogP contribution in [-0.4, -0.2) is 57.4 Å². The van der Waals surface area contributed by atoms with Crippen molar-refractivity contribution < 1.29 is 70.2 Å². The van der Waals surface area contributed by atoms with E-state index < -0.39 is 106 Å². The van der Waals surface area contributed by atoms with Crippen molar-refractivity contribution in [3.8, 4) is 0 Å². The second-order valence-corrected chi connectivity index (χ2v) is 12.3. The Morgan fingerprint density at radius 1 is 0.691 bits per heavy atom. The number of nitro groups is 2. The van der Waals surface area contributed by atoms with Crippen LogP contribution in [0, 0.1) is 20.2 Å². The standard InChI is InChI=1S/C36H34F6N2O11/c1-3-21-27(13-17-33(43(49)50,31(21)53-19-15-29(45)46)23-9-5-7-11-25(23)35(37,38)39)55-28-14-18-34(44(51)52,24-10-6-8-12-26(24)36(40,41)42)32(22(28)4-2)54-20-16-30(47)48/h5-14,17-18,31-32H,3-4,15-16,19-20H2,1-2H3,(H,45,46)(H,47,48). The molecule has 2 aromatic rings. The number of carbonyl (C=O) groups is 2. The normalized spacial score (nSPS) is 22.8. The fourth-order valence-electron chi connectivity index (χ4n) is 6.74. The smallest absolute Gasteiger partial charge is 0.416 e. The monoisotopic (exact) mass is 784 g/mol. The number of carboxylic acid groups (broad SMARTS) is 2. The molecule has 0 saturated carbocycles. The van der Waals surface area contributed by atoms with E-state index in [1.165, 1.54) is 13.8 Å². The Balaban J connectivity index is 1.96. The van der Waals surface area contributed by atoms with Gasteiger partial charge in [-0.25, -0.2) is 0 Å². The Bertz CT molecular complexity index is 1820. The fraction of sp³-hybridized carbons (Fsp3) is 0.389. The van der Waals surface area contributed by atoms with E-state index in [2.05, 4.69) is 0 Å². The second-order valence-electron chi connectivity index (χ2n) is 12.3. The van der Waals surface area contributed by atoms with Crippen molar-refractivity contribution in [3.63, 3.8) is 0 Å².